The van der Waals surface area contributed by atoms with Crippen molar-refractivity contribution in [2.45, 2.75) is 130 Å². The van der Waals surface area contributed by atoms with Gasteiger partial charge < -0.3 is 8.85 Å². The molecule has 0 radical (unpaired) electrons. The molecule has 0 saturated heterocycles. The van der Waals surface area contributed by atoms with E-state index in [9.17, 15) is 17.6 Å². The molecule has 41 heavy (non-hydrogen) atoms. The molecule has 234 valence electrons. The van der Waals surface area contributed by atoms with E-state index in [0.29, 0.717) is 44.4 Å². The van der Waals surface area contributed by atoms with Crippen LogP contribution < -0.4 is 0 Å². The Balaban J connectivity index is 0.000000410. The monoisotopic (exact) mass is 726 g/mol. The van der Waals surface area contributed by atoms with Crippen LogP contribution in [0.2, 0.25) is 33.2 Å². The summed E-state index contributed by atoms with van der Waals surface area (Å²) >= 11 is 1.70. The van der Waals surface area contributed by atoms with Gasteiger partial charge in [-0.3, -0.25) is 0 Å². The third-order valence-corrected chi connectivity index (χ3v) is 21.6. The molecule has 0 aliphatic heterocycles. The van der Waals surface area contributed by atoms with Crippen LogP contribution >= 0.6 is 22.6 Å². The van der Waals surface area contributed by atoms with Gasteiger partial charge >= 0.3 is 0 Å². The zero-order chi connectivity index (χ0) is 31.9. The van der Waals surface area contributed by atoms with Crippen molar-refractivity contribution in [2.75, 3.05) is 0 Å². The molecule has 9 heteroatoms. The van der Waals surface area contributed by atoms with Crippen molar-refractivity contribution in [3.8, 4) is 0 Å². The smallest absolute Gasteiger partial charge is 0.200 e. The molecule has 0 amide bonds. The maximum absolute atomic E-state index is 14.1. The zero-order valence-electron chi connectivity index (χ0n) is 27.0. The Kier molecular flexibility index (Phi) is 15.3. The molecule has 0 aromatic heterocycles. The average Bonchev–Trinajstić information content (AvgIpc) is 2.84. The Bertz CT molecular complexity index is 1060. The standard InChI is InChI=1S/C16H25F2IOSi.C16H26F2OSi/c1-10(2)21(11(3)4,12(5)6)20-9-13-7-8-14(17)16(19)15(13)18;1-11(2)20(12(3)4,13(5)6)19-10-14-7-8-15(17)9-16(14)18/h7-8,10-12H,9H2,1-6H3;7-9,11-13H,10H2,1-6H3. The summed E-state index contributed by atoms with van der Waals surface area (Å²) in [4.78, 5) is 0. The van der Waals surface area contributed by atoms with Gasteiger partial charge in [-0.25, -0.2) is 17.6 Å². The van der Waals surface area contributed by atoms with Crippen LogP contribution in [-0.2, 0) is 22.1 Å². The summed E-state index contributed by atoms with van der Waals surface area (Å²) in [6.07, 6.45) is 0. The van der Waals surface area contributed by atoms with Crippen LogP contribution in [0.15, 0.2) is 30.3 Å². The summed E-state index contributed by atoms with van der Waals surface area (Å²) in [6.45, 7) is 26.7. The van der Waals surface area contributed by atoms with Crippen LogP contribution in [-0.4, -0.2) is 16.6 Å². The van der Waals surface area contributed by atoms with E-state index in [0.717, 1.165) is 6.07 Å². The van der Waals surface area contributed by atoms with Crippen molar-refractivity contribution < 1.29 is 26.4 Å². The van der Waals surface area contributed by atoms with Crippen LogP contribution in [0.4, 0.5) is 17.6 Å². The van der Waals surface area contributed by atoms with Gasteiger partial charge in [0, 0.05) is 17.2 Å². The summed E-state index contributed by atoms with van der Waals surface area (Å²) in [5.41, 5.74) is 3.56. The average molecular weight is 727 g/mol. The van der Waals surface area contributed by atoms with Crippen LogP contribution in [0, 0.1) is 26.8 Å². The summed E-state index contributed by atoms with van der Waals surface area (Å²) in [5.74, 6) is -2.08. The van der Waals surface area contributed by atoms with Gasteiger partial charge in [0.15, 0.2) is 0 Å². The van der Waals surface area contributed by atoms with Crippen molar-refractivity contribution >= 4 is 39.2 Å². The fraction of sp³-hybridized carbons (Fsp3) is 0.625. The van der Waals surface area contributed by atoms with Gasteiger partial charge in [0.2, 0.25) is 16.6 Å². The highest BCUT2D eigenvalue weighted by Crippen LogP contribution is 2.44. The molecule has 0 fully saturated rings. The highest BCUT2D eigenvalue weighted by atomic mass is 127. The second kappa shape index (κ2) is 16.4. The number of halogens is 5. The van der Waals surface area contributed by atoms with Gasteiger partial charge in [0.25, 0.3) is 0 Å². The van der Waals surface area contributed by atoms with E-state index in [1.165, 1.54) is 24.3 Å². The molecular formula is C32H51F4IO2Si2. The molecule has 0 unspecified atom stereocenters. The van der Waals surface area contributed by atoms with Gasteiger partial charge in [-0.15, -0.1) is 0 Å². The number of benzene rings is 2. The first kappa shape index (κ1) is 38.3. The molecule has 2 nitrogen and oxygen atoms in total. The Morgan fingerprint density at radius 1 is 0.561 bits per heavy atom. The minimum absolute atomic E-state index is 0.0413. The third-order valence-electron chi connectivity index (χ3n) is 8.50. The molecule has 0 saturated carbocycles. The van der Waals surface area contributed by atoms with Crippen molar-refractivity contribution in [1.82, 2.24) is 0 Å². The third kappa shape index (κ3) is 9.12. The lowest BCUT2D eigenvalue weighted by atomic mass is 10.2. The molecule has 0 bridgehead atoms. The first-order valence-corrected chi connectivity index (χ1v) is 20.1. The quantitative estimate of drug-likeness (QED) is 0.0938. The summed E-state index contributed by atoms with van der Waals surface area (Å²) in [6, 6.07) is 6.48. The minimum Gasteiger partial charge on any atom is -0.412 e. The van der Waals surface area contributed by atoms with E-state index in [-0.39, 0.29) is 16.8 Å². The van der Waals surface area contributed by atoms with Crippen molar-refractivity contribution in [3.63, 3.8) is 0 Å². The topological polar surface area (TPSA) is 18.5 Å². The maximum Gasteiger partial charge on any atom is 0.200 e. The van der Waals surface area contributed by atoms with E-state index in [4.69, 9.17) is 8.85 Å². The molecule has 0 aliphatic carbocycles. The number of rotatable bonds is 12. The Morgan fingerprint density at radius 3 is 1.29 bits per heavy atom. The predicted molar refractivity (Wildman–Crippen MR) is 177 cm³/mol. The second-order valence-corrected chi connectivity index (χ2v) is 24.8. The van der Waals surface area contributed by atoms with Gasteiger partial charge in [-0.05, 0) is 68.0 Å². The Labute approximate surface area is 262 Å². The summed E-state index contributed by atoms with van der Waals surface area (Å²) in [5, 5.41) is 0. The second-order valence-electron chi connectivity index (χ2n) is 12.8. The lowest BCUT2D eigenvalue weighted by Gasteiger charge is -2.42. The van der Waals surface area contributed by atoms with Crippen molar-refractivity contribution in [2.24, 2.45) is 0 Å². The van der Waals surface area contributed by atoms with E-state index < -0.39 is 39.9 Å². The molecule has 0 N–H and O–H groups in total. The summed E-state index contributed by atoms with van der Waals surface area (Å²) < 4.78 is 66.8. The van der Waals surface area contributed by atoms with Crippen LogP contribution in [0.5, 0.6) is 0 Å². The Morgan fingerprint density at radius 2 is 0.927 bits per heavy atom. The van der Waals surface area contributed by atoms with Crippen molar-refractivity contribution in [3.05, 3.63) is 68.3 Å². The van der Waals surface area contributed by atoms with Crippen molar-refractivity contribution in [1.29, 1.82) is 0 Å². The summed E-state index contributed by atoms with van der Waals surface area (Å²) in [7, 11) is -4.03. The van der Waals surface area contributed by atoms with Crippen LogP contribution in [0.1, 0.15) is 94.2 Å². The molecule has 0 heterocycles. The van der Waals surface area contributed by atoms with E-state index >= 15 is 0 Å². The maximum atomic E-state index is 14.1. The normalized spacial score (nSPS) is 12.8. The molecule has 0 aliphatic rings. The van der Waals surface area contributed by atoms with Gasteiger partial charge in [0.05, 0.1) is 16.8 Å². The Hall–Kier alpha value is -0.756. The first-order chi connectivity index (χ1) is 18.9. The predicted octanol–water partition coefficient (Wildman–Crippen LogP) is 11.9. The van der Waals surface area contributed by atoms with Gasteiger partial charge in [-0.2, -0.15) is 0 Å². The molecule has 2 aromatic carbocycles. The van der Waals surface area contributed by atoms with E-state index in [1.54, 1.807) is 22.6 Å². The molecular weight excluding hydrogens is 675 g/mol. The fourth-order valence-electron chi connectivity index (χ4n) is 6.72. The zero-order valence-corrected chi connectivity index (χ0v) is 31.1. The molecule has 2 rings (SSSR count). The van der Waals surface area contributed by atoms with E-state index in [1.807, 2.05) is 0 Å². The molecule has 0 spiro atoms. The van der Waals surface area contributed by atoms with Crippen LogP contribution in [0.3, 0.4) is 0 Å². The highest BCUT2D eigenvalue weighted by Gasteiger charge is 2.46. The fourth-order valence-corrected chi connectivity index (χ4v) is 18.1. The van der Waals surface area contributed by atoms with Gasteiger partial charge in [-0.1, -0.05) is 95.2 Å². The lowest BCUT2D eigenvalue weighted by Crippen LogP contribution is -2.47. The highest BCUT2D eigenvalue weighted by molar-refractivity contribution is 14.1. The SMILES string of the molecule is CC(C)[Si](OCc1ccc(F)c(I)c1F)(C(C)C)C(C)C.CC(C)[Si](OCc1ccc(F)cc1F)(C(C)C)C(C)C. The molecule has 2 aromatic rings. The minimum atomic E-state index is -2.03. The number of hydrogen-bond donors (Lipinski definition) is 0. The van der Waals surface area contributed by atoms with Crippen LogP contribution in [0.25, 0.3) is 0 Å². The van der Waals surface area contributed by atoms with Gasteiger partial charge in [0.1, 0.15) is 23.3 Å². The lowest BCUT2D eigenvalue weighted by molar-refractivity contribution is 0.260. The first-order valence-electron chi connectivity index (χ1n) is 14.7. The molecule has 0 atom stereocenters. The largest absolute Gasteiger partial charge is 0.412 e. The number of hydrogen-bond acceptors (Lipinski definition) is 2. The van der Waals surface area contributed by atoms with E-state index in [2.05, 4.69) is 83.1 Å².